The number of aryl methyl sites for hydroxylation is 2. The molecule has 108 valence electrons. The number of nitrogens with zero attached hydrogens (tertiary/aromatic N) is 2. The highest BCUT2D eigenvalue weighted by molar-refractivity contribution is 5.14. The van der Waals surface area contributed by atoms with E-state index in [0.717, 1.165) is 26.0 Å². The molecular weight excluding hydrogens is 248 g/mol. The third-order valence-electron chi connectivity index (χ3n) is 3.35. The number of rotatable bonds is 9. The highest BCUT2D eigenvalue weighted by Crippen LogP contribution is 2.02. The summed E-state index contributed by atoms with van der Waals surface area (Å²) in [6.45, 7) is 4.76. The first-order valence-electron chi connectivity index (χ1n) is 7.55. The summed E-state index contributed by atoms with van der Waals surface area (Å²) in [6.07, 6.45) is 10.9. The first-order chi connectivity index (χ1) is 9.88. The molecule has 0 amide bonds. The minimum Gasteiger partial charge on any atom is -0.342 e. The lowest BCUT2D eigenvalue weighted by Crippen LogP contribution is -2.32. The molecule has 0 radical (unpaired) electrons. The van der Waals surface area contributed by atoms with E-state index in [1.54, 1.807) is 0 Å². The van der Waals surface area contributed by atoms with Crippen molar-refractivity contribution in [3.05, 3.63) is 54.6 Å². The van der Waals surface area contributed by atoms with Crippen LogP contribution < -0.4 is 4.57 Å². The maximum atomic E-state index is 5.71. The maximum Gasteiger partial charge on any atom is 0.245 e. The van der Waals surface area contributed by atoms with Crippen LogP contribution >= 0.6 is 0 Å². The Hall–Kier alpha value is -1.61. The van der Waals surface area contributed by atoms with Crippen molar-refractivity contribution < 1.29 is 9.30 Å². The van der Waals surface area contributed by atoms with Gasteiger partial charge in [0.2, 0.25) is 6.33 Å². The predicted molar refractivity (Wildman–Crippen MR) is 80.3 cm³/mol. The van der Waals surface area contributed by atoms with Crippen molar-refractivity contribution in [2.45, 2.75) is 45.9 Å². The Bertz CT molecular complexity index is 479. The fourth-order valence-corrected chi connectivity index (χ4v) is 2.18. The summed E-state index contributed by atoms with van der Waals surface area (Å²) < 4.78 is 10.0. The van der Waals surface area contributed by atoms with Gasteiger partial charge in [0.05, 0.1) is 13.2 Å². The van der Waals surface area contributed by atoms with E-state index in [4.69, 9.17) is 4.74 Å². The number of unbranched alkanes of at least 4 members (excludes halogenated alkanes) is 1. The van der Waals surface area contributed by atoms with Gasteiger partial charge in [-0.05, 0) is 24.8 Å². The Balaban J connectivity index is 1.60. The molecule has 0 aliphatic heterocycles. The molecule has 0 atom stereocenters. The monoisotopic (exact) mass is 273 g/mol. The number of benzene rings is 1. The van der Waals surface area contributed by atoms with Crippen LogP contribution in [0.1, 0.15) is 31.7 Å². The van der Waals surface area contributed by atoms with Crippen molar-refractivity contribution in [2.24, 2.45) is 0 Å². The van der Waals surface area contributed by atoms with Gasteiger partial charge in [-0.15, -0.1) is 0 Å². The molecule has 2 aromatic rings. The molecule has 0 saturated carbocycles. The lowest BCUT2D eigenvalue weighted by molar-refractivity contribution is -0.732. The van der Waals surface area contributed by atoms with E-state index in [0.29, 0.717) is 6.73 Å². The van der Waals surface area contributed by atoms with Crippen molar-refractivity contribution in [1.29, 1.82) is 0 Å². The number of aromatic nitrogens is 2. The minimum absolute atomic E-state index is 0.647. The molecule has 0 unspecified atom stereocenters. The van der Waals surface area contributed by atoms with Crippen LogP contribution in [0.2, 0.25) is 0 Å². The summed E-state index contributed by atoms with van der Waals surface area (Å²) in [4.78, 5) is 0. The molecule has 1 aromatic heterocycles. The van der Waals surface area contributed by atoms with Crippen molar-refractivity contribution in [3.8, 4) is 0 Å². The summed E-state index contributed by atoms with van der Waals surface area (Å²) in [5.41, 5.74) is 1.38. The van der Waals surface area contributed by atoms with Crippen LogP contribution in [0, 0.1) is 0 Å². The largest absolute Gasteiger partial charge is 0.342 e. The standard InChI is InChI=1S/C17H25N2O/c1-2-3-11-18-12-13-19(15-18)16-20-14-7-10-17-8-5-4-6-9-17/h4-6,8-9,12-13,15H,2-3,7,10-11,14,16H2,1H3/q+1. The molecular formula is C17H25N2O+. The quantitative estimate of drug-likeness (QED) is 0.507. The topological polar surface area (TPSA) is 18.0 Å². The fourth-order valence-electron chi connectivity index (χ4n) is 2.18. The Kier molecular flexibility index (Phi) is 6.32. The molecule has 3 heteroatoms. The Morgan fingerprint density at radius 3 is 2.80 bits per heavy atom. The van der Waals surface area contributed by atoms with Gasteiger partial charge >= 0.3 is 0 Å². The lowest BCUT2D eigenvalue weighted by atomic mass is 10.1. The highest BCUT2D eigenvalue weighted by atomic mass is 16.5. The van der Waals surface area contributed by atoms with Crippen molar-refractivity contribution >= 4 is 0 Å². The zero-order chi connectivity index (χ0) is 14.0. The van der Waals surface area contributed by atoms with Gasteiger partial charge in [0, 0.05) is 0 Å². The van der Waals surface area contributed by atoms with E-state index in [1.165, 1.54) is 18.4 Å². The molecule has 20 heavy (non-hydrogen) atoms. The zero-order valence-corrected chi connectivity index (χ0v) is 12.4. The number of ether oxygens (including phenoxy) is 1. The summed E-state index contributed by atoms with van der Waals surface area (Å²) in [5, 5.41) is 0. The van der Waals surface area contributed by atoms with E-state index in [1.807, 2.05) is 0 Å². The van der Waals surface area contributed by atoms with Crippen LogP contribution in [0.25, 0.3) is 0 Å². The Morgan fingerprint density at radius 2 is 2.00 bits per heavy atom. The van der Waals surface area contributed by atoms with Gasteiger partial charge in [-0.2, -0.15) is 0 Å². The normalized spacial score (nSPS) is 10.8. The van der Waals surface area contributed by atoms with E-state index in [2.05, 4.69) is 65.1 Å². The first-order valence-corrected chi connectivity index (χ1v) is 7.55. The van der Waals surface area contributed by atoms with Crippen LogP contribution in [0.4, 0.5) is 0 Å². The predicted octanol–water partition coefficient (Wildman–Crippen LogP) is 3.18. The van der Waals surface area contributed by atoms with Crippen LogP contribution in [-0.2, 0) is 24.4 Å². The second-order valence-corrected chi connectivity index (χ2v) is 5.15. The molecule has 3 nitrogen and oxygen atoms in total. The van der Waals surface area contributed by atoms with Gasteiger partial charge in [-0.25, -0.2) is 9.13 Å². The Labute approximate surface area is 121 Å². The van der Waals surface area contributed by atoms with Crippen molar-refractivity contribution in [3.63, 3.8) is 0 Å². The SMILES string of the molecule is CCCCn1cc[n+](COCCCc2ccccc2)c1. The van der Waals surface area contributed by atoms with E-state index < -0.39 is 0 Å². The van der Waals surface area contributed by atoms with Crippen molar-refractivity contribution in [2.75, 3.05) is 6.61 Å². The molecule has 0 N–H and O–H groups in total. The van der Waals surface area contributed by atoms with Gasteiger partial charge in [-0.1, -0.05) is 43.7 Å². The zero-order valence-electron chi connectivity index (χ0n) is 12.4. The summed E-state index contributed by atoms with van der Waals surface area (Å²) in [6, 6.07) is 10.6. The maximum absolute atomic E-state index is 5.71. The molecule has 0 fully saturated rings. The Morgan fingerprint density at radius 1 is 1.15 bits per heavy atom. The number of hydrogen-bond donors (Lipinski definition) is 0. The first kappa shape index (κ1) is 14.8. The van der Waals surface area contributed by atoms with Crippen LogP contribution in [0.5, 0.6) is 0 Å². The minimum atomic E-state index is 0.647. The highest BCUT2D eigenvalue weighted by Gasteiger charge is 2.02. The van der Waals surface area contributed by atoms with Gasteiger partial charge < -0.3 is 4.74 Å². The van der Waals surface area contributed by atoms with Gasteiger partial charge in [-0.3, -0.25) is 0 Å². The van der Waals surface area contributed by atoms with Crippen LogP contribution in [0.3, 0.4) is 0 Å². The second kappa shape index (κ2) is 8.54. The van der Waals surface area contributed by atoms with Crippen molar-refractivity contribution in [1.82, 2.24) is 4.57 Å². The van der Waals surface area contributed by atoms with E-state index in [9.17, 15) is 0 Å². The van der Waals surface area contributed by atoms with Crippen LogP contribution in [-0.4, -0.2) is 11.2 Å². The molecule has 0 bridgehead atoms. The van der Waals surface area contributed by atoms with Gasteiger partial charge in [0.1, 0.15) is 12.4 Å². The molecule has 0 aliphatic rings. The molecule has 0 spiro atoms. The molecule has 2 rings (SSSR count). The molecule has 0 saturated heterocycles. The average molecular weight is 273 g/mol. The molecule has 1 aromatic carbocycles. The van der Waals surface area contributed by atoms with Gasteiger partial charge in [0.25, 0.3) is 0 Å². The van der Waals surface area contributed by atoms with Crippen LogP contribution in [0.15, 0.2) is 49.1 Å². The summed E-state index contributed by atoms with van der Waals surface area (Å²) >= 11 is 0. The van der Waals surface area contributed by atoms with E-state index in [-0.39, 0.29) is 0 Å². The summed E-state index contributed by atoms with van der Waals surface area (Å²) in [7, 11) is 0. The fraction of sp³-hybridized carbons (Fsp3) is 0.471. The molecule has 1 heterocycles. The van der Waals surface area contributed by atoms with Gasteiger partial charge in [0.15, 0.2) is 6.73 Å². The smallest absolute Gasteiger partial charge is 0.245 e. The third-order valence-corrected chi connectivity index (χ3v) is 3.35. The summed E-state index contributed by atoms with van der Waals surface area (Å²) in [5.74, 6) is 0. The second-order valence-electron chi connectivity index (χ2n) is 5.15. The number of hydrogen-bond acceptors (Lipinski definition) is 1. The third kappa shape index (κ3) is 5.17. The average Bonchev–Trinajstić information content (AvgIpc) is 2.94. The molecule has 0 aliphatic carbocycles. The number of imidazole rings is 1. The lowest BCUT2D eigenvalue weighted by Gasteiger charge is -2.02. The van der Waals surface area contributed by atoms with E-state index >= 15 is 0 Å².